The van der Waals surface area contributed by atoms with Gasteiger partial charge in [0, 0.05) is 7.05 Å². The number of ether oxygens (including phenoxy) is 1. The van der Waals surface area contributed by atoms with Crippen LogP contribution in [-0.4, -0.2) is 22.6 Å². The summed E-state index contributed by atoms with van der Waals surface area (Å²) in [6.07, 6.45) is 1.33. The van der Waals surface area contributed by atoms with Gasteiger partial charge in [-0.15, -0.1) is 0 Å². The van der Waals surface area contributed by atoms with Gasteiger partial charge in [0.05, 0.1) is 13.3 Å². The van der Waals surface area contributed by atoms with E-state index in [1.165, 1.54) is 17.9 Å². The molecule has 0 saturated heterocycles. The molecule has 0 aliphatic rings. The smallest absolute Gasteiger partial charge is 0.374 e. The standard InChI is InChI=1S/C7H7N3O2/c1-10-5(3-8)4-9-6(10)7(11)12-2/h4H,1-2H3. The number of methoxy groups -OCH3 is 1. The minimum absolute atomic E-state index is 0.133. The highest BCUT2D eigenvalue weighted by Gasteiger charge is 2.13. The van der Waals surface area contributed by atoms with Gasteiger partial charge >= 0.3 is 5.97 Å². The molecule has 1 aromatic heterocycles. The van der Waals surface area contributed by atoms with Gasteiger partial charge in [-0.3, -0.25) is 0 Å². The van der Waals surface area contributed by atoms with Gasteiger partial charge in [0.15, 0.2) is 0 Å². The van der Waals surface area contributed by atoms with E-state index in [-0.39, 0.29) is 5.82 Å². The number of hydrogen-bond acceptors (Lipinski definition) is 4. The highest BCUT2D eigenvalue weighted by Crippen LogP contribution is 2.02. The molecule has 0 N–H and O–H groups in total. The van der Waals surface area contributed by atoms with Crippen LogP contribution in [0.25, 0.3) is 0 Å². The Balaban J connectivity index is 3.12. The average Bonchev–Trinajstić information content (AvgIpc) is 2.45. The molecule has 5 nitrogen and oxygen atoms in total. The van der Waals surface area contributed by atoms with Crippen molar-refractivity contribution < 1.29 is 9.53 Å². The van der Waals surface area contributed by atoms with E-state index in [9.17, 15) is 4.79 Å². The number of esters is 1. The van der Waals surface area contributed by atoms with E-state index in [2.05, 4.69) is 9.72 Å². The summed E-state index contributed by atoms with van der Waals surface area (Å²) in [5.41, 5.74) is 0.329. The second-order valence-corrected chi connectivity index (χ2v) is 2.13. The maximum Gasteiger partial charge on any atom is 0.374 e. The number of aromatic nitrogens is 2. The van der Waals surface area contributed by atoms with Crippen LogP contribution in [0.3, 0.4) is 0 Å². The Morgan fingerprint density at radius 2 is 2.50 bits per heavy atom. The Bertz CT molecular complexity index is 348. The summed E-state index contributed by atoms with van der Waals surface area (Å²) in [4.78, 5) is 14.7. The van der Waals surface area contributed by atoms with Crippen LogP contribution in [0, 0.1) is 11.3 Å². The lowest BCUT2D eigenvalue weighted by Gasteiger charge is -1.98. The molecular weight excluding hydrogens is 158 g/mol. The van der Waals surface area contributed by atoms with Gasteiger partial charge in [0.1, 0.15) is 11.8 Å². The number of rotatable bonds is 1. The SMILES string of the molecule is COC(=O)c1ncc(C#N)n1C. The van der Waals surface area contributed by atoms with Gasteiger partial charge < -0.3 is 9.30 Å². The van der Waals surface area contributed by atoms with Crippen molar-refractivity contribution in [1.82, 2.24) is 9.55 Å². The summed E-state index contributed by atoms with van der Waals surface area (Å²) in [7, 11) is 2.85. The third kappa shape index (κ3) is 1.14. The van der Waals surface area contributed by atoms with Crippen LogP contribution >= 0.6 is 0 Å². The van der Waals surface area contributed by atoms with Crippen LogP contribution in [0.1, 0.15) is 16.3 Å². The van der Waals surface area contributed by atoms with Crippen molar-refractivity contribution in [2.24, 2.45) is 7.05 Å². The number of carbonyl (C=O) groups excluding carboxylic acids is 1. The van der Waals surface area contributed by atoms with Gasteiger partial charge in [-0.1, -0.05) is 0 Å². The number of carbonyl (C=O) groups is 1. The fourth-order valence-electron chi connectivity index (χ4n) is 0.794. The minimum Gasteiger partial charge on any atom is -0.463 e. The lowest BCUT2D eigenvalue weighted by Crippen LogP contribution is -2.09. The zero-order valence-electron chi connectivity index (χ0n) is 6.74. The summed E-state index contributed by atoms with van der Waals surface area (Å²) < 4.78 is 5.82. The zero-order valence-corrected chi connectivity index (χ0v) is 6.74. The number of imidazole rings is 1. The first-order valence-electron chi connectivity index (χ1n) is 3.21. The van der Waals surface area contributed by atoms with E-state index >= 15 is 0 Å². The number of nitrogens with zero attached hydrogens (tertiary/aromatic N) is 3. The highest BCUT2D eigenvalue weighted by molar-refractivity contribution is 5.85. The monoisotopic (exact) mass is 165 g/mol. The van der Waals surface area contributed by atoms with Gasteiger partial charge in [0.2, 0.25) is 5.82 Å². The molecule has 62 valence electrons. The average molecular weight is 165 g/mol. The number of hydrogen-bond donors (Lipinski definition) is 0. The normalized spacial score (nSPS) is 9.08. The third-order valence-corrected chi connectivity index (χ3v) is 1.47. The van der Waals surface area contributed by atoms with E-state index in [1.807, 2.05) is 6.07 Å². The molecule has 1 heterocycles. The molecular formula is C7H7N3O2. The van der Waals surface area contributed by atoms with Crippen molar-refractivity contribution >= 4 is 5.97 Å². The number of nitriles is 1. The maximum absolute atomic E-state index is 10.9. The second-order valence-electron chi connectivity index (χ2n) is 2.13. The van der Waals surface area contributed by atoms with Crippen molar-refractivity contribution in [3.63, 3.8) is 0 Å². The molecule has 0 fully saturated rings. The molecule has 0 radical (unpaired) electrons. The Kier molecular flexibility index (Phi) is 2.10. The molecule has 12 heavy (non-hydrogen) atoms. The Morgan fingerprint density at radius 3 is 2.92 bits per heavy atom. The lowest BCUT2D eigenvalue weighted by atomic mass is 10.5. The molecule has 0 bridgehead atoms. The Morgan fingerprint density at radius 1 is 1.83 bits per heavy atom. The van der Waals surface area contributed by atoms with Crippen molar-refractivity contribution in [1.29, 1.82) is 5.26 Å². The second kappa shape index (κ2) is 3.05. The maximum atomic E-state index is 10.9. The van der Waals surface area contributed by atoms with Gasteiger partial charge in [-0.05, 0) is 0 Å². The molecule has 1 rings (SSSR count). The van der Waals surface area contributed by atoms with Gasteiger partial charge in [-0.2, -0.15) is 5.26 Å². The third-order valence-electron chi connectivity index (χ3n) is 1.47. The fraction of sp³-hybridized carbons (Fsp3) is 0.286. The molecule has 0 unspecified atom stereocenters. The van der Waals surface area contributed by atoms with E-state index < -0.39 is 5.97 Å². The molecule has 0 aliphatic carbocycles. The van der Waals surface area contributed by atoms with Gasteiger partial charge in [-0.25, -0.2) is 9.78 Å². The van der Waals surface area contributed by atoms with Crippen molar-refractivity contribution in [3.8, 4) is 6.07 Å². The van der Waals surface area contributed by atoms with Crippen LogP contribution in [0.5, 0.6) is 0 Å². The molecule has 5 heteroatoms. The van der Waals surface area contributed by atoms with Crippen molar-refractivity contribution in [2.45, 2.75) is 0 Å². The van der Waals surface area contributed by atoms with Crippen LogP contribution in [0.2, 0.25) is 0 Å². The minimum atomic E-state index is -0.543. The first-order valence-corrected chi connectivity index (χ1v) is 3.21. The molecule has 0 atom stereocenters. The molecule has 0 aromatic carbocycles. The molecule has 1 aromatic rings. The lowest BCUT2D eigenvalue weighted by molar-refractivity contribution is 0.0582. The highest BCUT2D eigenvalue weighted by atomic mass is 16.5. The summed E-state index contributed by atoms with van der Waals surface area (Å²) in [6.45, 7) is 0. The topological polar surface area (TPSA) is 67.9 Å². The predicted octanol–water partition coefficient (Wildman–Crippen LogP) is 0.0784. The van der Waals surface area contributed by atoms with E-state index in [4.69, 9.17) is 5.26 Å². The summed E-state index contributed by atoms with van der Waals surface area (Å²) in [6, 6.07) is 1.89. The predicted molar refractivity (Wildman–Crippen MR) is 39.3 cm³/mol. The summed E-state index contributed by atoms with van der Waals surface area (Å²) in [5, 5.41) is 8.52. The van der Waals surface area contributed by atoms with Crippen molar-refractivity contribution in [2.75, 3.05) is 7.11 Å². The largest absolute Gasteiger partial charge is 0.463 e. The van der Waals surface area contributed by atoms with Crippen LogP contribution in [-0.2, 0) is 11.8 Å². The summed E-state index contributed by atoms with van der Waals surface area (Å²) >= 11 is 0. The van der Waals surface area contributed by atoms with Crippen LogP contribution in [0.15, 0.2) is 6.20 Å². The Hall–Kier alpha value is -1.83. The fourth-order valence-corrected chi connectivity index (χ4v) is 0.794. The molecule has 0 amide bonds. The first kappa shape index (κ1) is 8.27. The van der Waals surface area contributed by atoms with E-state index in [0.717, 1.165) is 0 Å². The zero-order chi connectivity index (χ0) is 9.14. The first-order chi connectivity index (χ1) is 5.70. The van der Waals surface area contributed by atoms with Gasteiger partial charge in [0.25, 0.3) is 0 Å². The van der Waals surface area contributed by atoms with Crippen molar-refractivity contribution in [3.05, 3.63) is 17.7 Å². The summed E-state index contributed by atoms with van der Waals surface area (Å²) in [5.74, 6) is -0.409. The van der Waals surface area contributed by atoms with E-state index in [1.54, 1.807) is 7.05 Å². The van der Waals surface area contributed by atoms with Crippen LogP contribution < -0.4 is 0 Å². The molecule has 0 spiro atoms. The molecule has 0 aliphatic heterocycles. The van der Waals surface area contributed by atoms with Crippen LogP contribution in [0.4, 0.5) is 0 Å². The molecule has 0 saturated carbocycles. The quantitative estimate of drug-likeness (QED) is 0.552. The Labute approximate surface area is 69.2 Å². The van der Waals surface area contributed by atoms with E-state index in [0.29, 0.717) is 5.69 Å².